The molecule has 3 N–H and O–H groups in total. The van der Waals surface area contributed by atoms with Gasteiger partial charge in [0.2, 0.25) is 0 Å². The first-order valence-electron chi connectivity index (χ1n) is 26.2. The number of fused-ring (bicyclic) bond motifs is 5. The van der Waals surface area contributed by atoms with Crippen LogP contribution in [0, 0.1) is 16.7 Å². The van der Waals surface area contributed by atoms with Gasteiger partial charge in [-0.05, 0) is 94.9 Å². The summed E-state index contributed by atoms with van der Waals surface area (Å²) >= 11 is 0. The Bertz CT molecular complexity index is 2340. The minimum Gasteiger partial charge on any atom is -0.456 e. The van der Waals surface area contributed by atoms with Crippen molar-refractivity contribution in [1.29, 1.82) is 0 Å². The fraction of sp³-hybridized carbons (Fsp3) is 0.661. The smallest absolute Gasteiger partial charge is 0.407 e. The van der Waals surface area contributed by atoms with Crippen molar-refractivity contribution >= 4 is 38.3 Å². The zero-order chi connectivity index (χ0) is 54.8. The van der Waals surface area contributed by atoms with Gasteiger partial charge in [-0.1, -0.05) is 90.1 Å². The van der Waals surface area contributed by atoms with E-state index >= 15 is 4.79 Å². The topological polar surface area (TPSA) is 221 Å². The van der Waals surface area contributed by atoms with Crippen LogP contribution in [0.15, 0.2) is 71.8 Å². The maximum Gasteiger partial charge on any atom is 0.407 e. The molecule has 3 fully saturated rings. The largest absolute Gasteiger partial charge is 0.456 e. The summed E-state index contributed by atoms with van der Waals surface area (Å²) in [5.74, 6) is -4.58. The van der Waals surface area contributed by atoms with E-state index < -0.39 is 133 Å². The average molecular weight is 1050 g/mol. The number of ether oxygens (including phenoxy) is 8. The van der Waals surface area contributed by atoms with Crippen LogP contribution in [0.5, 0.6) is 0 Å². The van der Waals surface area contributed by atoms with Gasteiger partial charge >= 0.3 is 30.0 Å². The summed E-state index contributed by atoms with van der Waals surface area (Å²) in [5, 5.41) is 30.8. The zero-order valence-corrected chi connectivity index (χ0v) is 46.8. The van der Waals surface area contributed by atoms with Crippen LogP contribution in [0.3, 0.4) is 0 Å². The summed E-state index contributed by atoms with van der Waals surface area (Å²) in [6.07, 6.45) is -11.7. The number of hydrogen-bond acceptors (Lipinski definition) is 16. The van der Waals surface area contributed by atoms with Crippen LogP contribution in [0.1, 0.15) is 126 Å². The van der Waals surface area contributed by atoms with E-state index in [2.05, 4.69) is 26.1 Å². The van der Waals surface area contributed by atoms with Gasteiger partial charge in [0, 0.05) is 44.1 Å². The Morgan fingerprint density at radius 2 is 1.49 bits per heavy atom. The maximum atomic E-state index is 15.3. The minimum atomic E-state index is -2.61. The second-order valence-corrected chi connectivity index (χ2v) is 27.0. The normalized spacial score (nSPS) is 30.6. The van der Waals surface area contributed by atoms with Gasteiger partial charge in [-0.3, -0.25) is 9.59 Å². The molecule has 1 heterocycles. The van der Waals surface area contributed by atoms with Gasteiger partial charge in [0.15, 0.2) is 32.4 Å². The third-order valence-corrected chi connectivity index (χ3v) is 21.0. The number of hydrogen-bond donors (Lipinski definition) is 3. The van der Waals surface area contributed by atoms with Crippen LogP contribution >= 0.6 is 0 Å². The van der Waals surface area contributed by atoms with Crippen LogP contribution in [-0.2, 0) is 63.1 Å². The molecule has 0 radical (unpaired) electrons. The molecular weight excluding hydrogens is 971 g/mol. The Kier molecular flexibility index (Phi) is 18.1. The Labute approximate surface area is 437 Å². The van der Waals surface area contributed by atoms with Gasteiger partial charge in [-0.2, -0.15) is 0 Å². The van der Waals surface area contributed by atoms with E-state index in [1.54, 1.807) is 92.6 Å². The second-order valence-electron chi connectivity index (χ2n) is 22.2. The standard InChI is InChI=1S/C56H81NO16Si/c1-15-65-36(8)68-44(39(29-37-25-21-19-22-26-37)57-51(63)72-52(9,10)11)50(62)69-40-31-56(64)48(70-49(61)38-27-23-20-24-28-38)46-54(14,47(60)45(67-34(6)58)43(33(40)5)53(56,12)13)41(73-74(16-2,17-3)18-4)30-42-55(46,32-66-42)71-35(7)59/h19-28,36,39-42,44-48,60,64H,15-18,29-32H2,1-14H3,(H,57,63)/t36?,39-,40-,41-,42+,44+,45+,46-,47-,48-,54+,55-,56+/m0/s1. The van der Waals surface area contributed by atoms with Crippen LogP contribution in [-0.4, -0.2) is 134 Å². The molecule has 4 aliphatic rings. The first kappa shape index (κ1) is 58.6. The number of aliphatic hydroxyl groups excluding tert-OH is 1. The highest BCUT2D eigenvalue weighted by Crippen LogP contribution is 2.66. The molecule has 0 spiro atoms. The van der Waals surface area contributed by atoms with Gasteiger partial charge in [-0.25, -0.2) is 14.4 Å². The number of amides is 1. The van der Waals surface area contributed by atoms with Crippen LogP contribution < -0.4 is 5.32 Å². The van der Waals surface area contributed by atoms with Crippen molar-refractivity contribution in [2.75, 3.05) is 13.2 Å². The molecule has 2 saturated carbocycles. The van der Waals surface area contributed by atoms with Crippen LogP contribution in [0.4, 0.5) is 4.79 Å². The molecule has 6 rings (SSSR count). The van der Waals surface area contributed by atoms with Gasteiger partial charge in [-0.15, -0.1) is 0 Å². The highest BCUT2D eigenvalue weighted by molar-refractivity contribution is 6.73. The van der Waals surface area contributed by atoms with E-state index in [4.69, 9.17) is 42.3 Å². The third kappa shape index (κ3) is 11.5. The lowest BCUT2D eigenvalue weighted by molar-refractivity contribution is -0.363. The van der Waals surface area contributed by atoms with Crippen molar-refractivity contribution in [3.05, 3.63) is 82.9 Å². The summed E-state index contributed by atoms with van der Waals surface area (Å²) in [4.78, 5) is 70.9. The Hall–Kier alpha value is -4.69. The van der Waals surface area contributed by atoms with Gasteiger partial charge < -0.3 is 57.9 Å². The van der Waals surface area contributed by atoms with Gasteiger partial charge in [0.25, 0.3) is 0 Å². The molecule has 1 aliphatic heterocycles. The SMILES string of the molecule is CCOC(C)O[C@@H](C(=O)O[C@H]1C[C@@]2(O)[C@@H](OC(=O)c3ccccc3)[C@@H]3[C@]4(OC(C)=O)CO[C@@H]4C[C@H](O[Si](CC)(CC)CC)[C@@]3(C)[C@@H](O)[C@H](OC(C)=O)C(=C1C)C2(C)C)[C@H](Cc1ccccc1)NC(=O)OC(C)(C)C. The summed E-state index contributed by atoms with van der Waals surface area (Å²) in [7, 11) is -2.61. The number of rotatable bonds is 19. The number of carbonyl (C=O) groups is 5. The predicted molar refractivity (Wildman–Crippen MR) is 275 cm³/mol. The molecule has 2 bridgehead atoms. The van der Waals surface area contributed by atoms with E-state index in [-0.39, 0.29) is 37.2 Å². The fourth-order valence-corrected chi connectivity index (χ4v) is 15.2. The van der Waals surface area contributed by atoms with Crippen LogP contribution in [0.2, 0.25) is 18.1 Å². The molecule has 1 saturated heterocycles. The van der Waals surface area contributed by atoms with Gasteiger partial charge in [0.1, 0.15) is 35.6 Å². The highest BCUT2D eigenvalue weighted by atomic mass is 28.4. The lowest BCUT2D eigenvalue weighted by Crippen LogP contribution is -2.83. The second kappa shape index (κ2) is 22.9. The molecule has 18 heteroatoms. The average Bonchev–Trinajstić information content (AvgIpc) is 3.32. The van der Waals surface area contributed by atoms with Crippen LogP contribution in [0.25, 0.3) is 0 Å². The molecule has 1 amide bonds. The van der Waals surface area contributed by atoms with E-state index in [1.165, 1.54) is 13.8 Å². The van der Waals surface area contributed by atoms with E-state index in [1.807, 2.05) is 30.3 Å². The number of benzene rings is 2. The summed E-state index contributed by atoms with van der Waals surface area (Å²) < 4.78 is 57.7. The molecule has 3 aliphatic carbocycles. The first-order valence-corrected chi connectivity index (χ1v) is 28.7. The Balaban J connectivity index is 1.62. The quantitative estimate of drug-likeness (QED) is 0.0400. The highest BCUT2D eigenvalue weighted by Gasteiger charge is 2.78. The first-order chi connectivity index (χ1) is 34.7. The maximum absolute atomic E-state index is 15.3. The van der Waals surface area contributed by atoms with Crippen molar-refractivity contribution in [3.8, 4) is 0 Å². The molecule has 2 aromatic carbocycles. The molecule has 2 aromatic rings. The van der Waals surface area contributed by atoms with Crippen molar-refractivity contribution in [1.82, 2.24) is 5.32 Å². The monoisotopic (exact) mass is 1050 g/mol. The molecule has 1 unspecified atom stereocenters. The van der Waals surface area contributed by atoms with Gasteiger partial charge in [0.05, 0.1) is 30.2 Å². The fourth-order valence-electron chi connectivity index (χ4n) is 12.3. The van der Waals surface area contributed by atoms with E-state index in [0.29, 0.717) is 5.57 Å². The number of alkyl carbamates (subject to hydrolysis) is 1. The zero-order valence-electron chi connectivity index (χ0n) is 45.8. The lowest BCUT2D eigenvalue weighted by atomic mass is 9.44. The molecule has 410 valence electrons. The Morgan fingerprint density at radius 3 is 2.01 bits per heavy atom. The van der Waals surface area contributed by atoms with Crippen molar-refractivity contribution in [2.45, 2.75) is 206 Å². The summed E-state index contributed by atoms with van der Waals surface area (Å²) in [6, 6.07) is 18.4. The third-order valence-electron chi connectivity index (χ3n) is 16.3. The molecule has 74 heavy (non-hydrogen) atoms. The predicted octanol–water partition coefficient (Wildman–Crippen LogP) is 7.93. The van der Waals surface area contributed by atoms with Crippen molar-refractivity contribution in [3.63, 3.8) is 0 Å². The van der Waals surface area contributed by atoms with E-state index in [0.717, 1.165) is 23.7 Å². The summed E-state index contributed by atoms with van der Waals surface area (Å²) in [6.45, 7) is 24.0. The lowest BCUT2D eigenvalue weighted by Gasteiger charge is -2.70. The number of aliphatic hydroxyl groups is 2. The van der Waals surface area contributed by atoms with E-state index in [9.17, 15) is 29.4 Å². The van der Waals surface area contributed by atoms with Crippen molar-refractivity contribution < 1.29 is 76.5 Å². The molecule has 0 aromatic heterocycles. The Morgan fingerprint density at radius 1 is 0.878 bits per heavy atom. The molecule has 17 nitrogen and oxygen atoms in total. The molecular formula is C56H81NO16Si. The molecule has 13 atom stereocenters. The number of esters is 4. The number of nitrogens with one attached hydrogen (secondary N) is 1. The van der Waals surface area contributed by atoms with Crippen molar-refractivity contribution in [2.24, 2.45) is 16.7 Å². The minimum absolute atomic E-state index is 0.0713. The number of carbonyl (C=O) groups excluding carboxylic acids is 5. The summed E-state index contributed by atoms with van der Waals surface area (Å²) in [5.41, 5.74) is -6.66.